The standard InChI is InChI=1S/C15H9NOS/c17-10-16-15-14(8-9-18-15)13-7-3-5-11-4-1-2-6-12(11)13/h1-9H. The van der Waals surface area contributed by atoms with Crippen molar-refractivity contribution in [1.82, 2.24) is 0 Å². The third kappa shape index (κ3) is 1.76. The molecule has 3 heteroatoms. The zero-order valence-electron chi connectivity index (χ0n) is 9.46. The van der Waals surface area contributed by atoms with Gasteiger partial charge in [-0.15, -0.1) is 11.3 Å². The predicted molar refractivity (Wildman–Crippen MR) is 75.0 cm³/mol. The van der Waals surface area contributed by atoms with Crippen LogP contribution in [0.15, 0.2) is 58.9 Å². The summed E-state index contributed by atoms with van der Waals surface area (Å²) in [5, 5.41) is 5.00. The van der Waals surface area contributed by atoms with E-state index in [9.17, 15) is 4.79 Å². The largest absolute Gasteiger partial charge is 0.241 e. The second-order valence-corrected chi connectivity index (χ2v) is 4.76. The summed E-state index contributed by atoms with van der Waals surface area (Å²) in [4.78, 5) is 14.2. The lowest BCUT2D eigenvalue weighted by atomic mass is 10.00. The monoisotopic (exact) mass is 251 g/mol. The maximum Gasteiger partial charge on any atom is 0.241 e. The SMILES string of the molecule is O=C=Nc1sccc1-c1cccc2ccccc12. The molecule has 0 saturated heterocycles. The number of rotatable bonds is 2. The Bertz CT molecular complexity index is 749. The summed E-state index contributed by atoms with van der Waals surface area (Å²) < 4.78 is 0. The van der Waals surface area contributed by atoms with Crippen LogP contribution in [-0.4, -0.2) is 6.08 Å². The van der Waals surface area contributed by atoms with E-state index in [1.54, 1.807) is 6.08 Å². The second-order valence-electron chi connectivity index (χ2n) is 3.87. The van der Waals surface area contributed by atoms with Crippen molar-refractivity contribution in [2.45, 2.75) is 0 Å². The van der Waals surface area contributed by atoms with Gasteiger partial charge in [-0.05, 0) is 27.8 Å². The minimum atomic E-state index is 0.710. The predicted octanol–water partition coefficient (Wildman–Crippen LogP) is 4.54. The minimum absolute atomic E-state index is 0.710. The van der Waals surface area contributed by atoms with Gasteiger partial charge in [0.05, 0.1) is 0 Å². The number of benzene rings is 2. The number of aliphatic imine (C=N–C) groups is 1. The van der Waals surface area contributed by atoms with Gasteiger partial charge in [0, 0.05) is 5.56 Å². The molecule has 18 heavy (non-hydrogen) atoms. The molecule has 0 amide bonds. The van der Waals surface area contributed by atoms with Crippen LogP contribution in [-0.2, 0) is 4.79 Å². The maximum atomic E-state index is 10.4. The van der Waals surface area contributed by atoms with Crippen LogP contribution in [0, 0.1) is 0 Å². The number of thiophene rings is 1. The molecule has 0 atom stereocenters. The van der Waals surface area contributed by atoms with Crippen LogP contribution in [0.3, 0.4) is 0 Å². The Morgan fingerprint density at radius 1 is 0.944 bits per heavy atom. The summed E-state index contributed by atoms with van der Waals surface area (Å²) in [6.45, 7) is 0. The molecule has 0 N–H and O–H groups in total. The molecule has 2 aromatic carbocycles. The minimum Gasteiger partial charge on any atom is -0.211 e. The summed E-state index contributed by atoms with van der Waals surface area (Å²) in [6, 6.07) is 16.3. The van der Waals surface area contributed by atoms with Crippen LogP contribution in [0.1, 0.15) is 0 Å². The zero-order chi connectivity index (χ0) is 12.4. The summed E-state index contributed by atoms with van der Waals surface area (Å²) >= 11 is 1.45. The lowest BCUT2D eigenvalue weighted by Crippen LogP contribution is -1.78. The van der Waals surface area contributed by atoms with Gasteiger partial charge in [-0.1, -0.05) is 42.5 Å². The van der Waals surface area contributed by atoms with E-state index in [1.807, 2.05) is 35.7 Å². The van der Waals surface area contributed by atoms with Crippen molar-refractivity contribution in [3.63, 3.8) is 0 Å². The van der Waals surface area contributed by atoms with Gasteiger partial charge in [0.25, 0.3) is 0 Å². The molecule has 1 heterocycles. The van der Waals surface area contributed by atoms with E-state index in [-0.39, 0.29) is 0 Å². The van der Waals surface area contributed by atoms with Gasteiger partial charge >= 0.3 is 0 Å². The topological polar surface area (TPSA) is 29.4 Å². The van der Waals surface area contributed by atoms with E-state index in [4.69, 9.17) is 0 Å². The van der Waals surface area contributed by atoms with Crippen molar-refractivity contribution >= 4 is 33.2 Å². The fourth-order valence-electron chi connectivity index (χ4n) is 2.09. The van der Waals surface area contributed by atoms with Gasteiger partial charge in [-0.25, -0.2) is 4.79 Å². The van der Waals surface area contributed by atoms with Crippen molar-refractivity contribution in [3.05, 3.63) is 53.9 Å². The molecule has 0 spiro atoms. The molecule has 0 radical (unpaired) electrons. The number of fused-ring (bicyclic) bond motifs is 1. The van der Waals surface area contributed by atoms with E-state index in [1.165, 1.54) is 22.1 Å². The average Bonchev–Trinajstić information content (AvgIpc) is 2.87. The highest BCUT2D eigenvalue weighted by atomic mass is 32.1. The number of isocyanates is 1. The van der Waals surface area contributed by atoms with Gasteiger partial charge in [-0.3, -0.25) is 0 Å². The maximum absolute atomic E-state index is 10.4. The highest BCUT2D eigenvalue weighted by Gasteiger charge is 2.09. The molecule has 2 nitrogen and oxygen atoms in total. The van der Waals surface area contributed by atoms with Gasteiger partial charge in [0.2, 0.25) is 6.08 Å². The van der Waals surface area contributed by atoms with E-state index >= 15 is 0 Å². The van der Waals surface area contributed by atoms with Crippen molar-refractivity contribution < 1.29 is 4.79 Å². The lowest BCUT2D eigenvalue weighted by molar-refractivity contribution is 0.565. The van der Waals surface area contributed by atoms with E-state index in [0.29, 0.717) is 5.00 Å². The van der Waals surface area contributed by atoms with E-state index < -0.39 is 0 Å². The molecule has 86 valence electrons. The molecule has 3 aromatic rings. The third-order valence-corrected chi connectivity index (χ3v) is 3.68. The van der Waals surface area contributed by atoms with Gasteiger partial charge < -0.3 is 0 Å². The lowest BCUT2D eigenvalue weighted by Gasteiger charge is -2.05. The van der Waals surface area contributed by atoms with Crippen LogP contribution >= 0.6 is 11.3 Å². The average molecular weight is 251 g/mol. The first-order valence-electron chi connectivity index (χ1n) is 5.53. The number of nitrogens with zero attached hydrogens (tertiary/aromatic N) is 1. The van der Waals surface area contributed by atoms with Gasteiger partial charge in [0.15, 0.2) is 0 Å². The summed E-state index contributed by atoms with van der Waals surface area (Å²) in [6.07, 6.45) is 1.61. The molecule has 3 rings (SSSR count). The highest BCUT2D eigenvalue weighted by molar-refractivity contribution is 7.14. The Kier molecular flexibility index (Phi) is 2.77. The molecular formula is C15H9NOS. The van der Waals surface area contributed by atoms with Crippen LogP contribution in [0.5, 0.6) is 0 Å². The highest BCUT2D eigenvalue weighted by Crippen LogP contribution is 2.38. The normalized spacial score (nSPS) is 10.2. The number of hydrogen-bond donors (Lipinski definition) is 0. The Balaban J connectivity index is 2.31. The van der Waals surface area contributed by atoms with Gasteiger partial charge in [0.1, 0.15) is 5.00 Å². The number of hydrogen-bond acceptors (Lipinski definition) is 3. The van der Waals surface area contributed by atoms with Crippen LogP contribution < -0.4 is 0 Å². The molecule has 0 unspecified atom stereocenters. The Hall–Kier alpha value is -2.22. The summed E-state index contributed by atoms with van der Waals surface area (Å²) in [5.41, 5.74) is 2.09. The number of carbonyl (C=O) groups excluding carboxylic acids is 1. The van der Waals surface area contributed by atoms with Crippen LogP contribution in [0.4, 0.5) is 5.00 Å². The smallest absolute Gasteiger partial charge is 0.211 e. The molecule has 0 aliphatic carbocycles. The first-order chi connectivity index (χ1) is 8.90. The quantitative estimate of drug-likeness (QED) is 0.486. The van der Waals surface area contributed by atoms with Gasteiger partial charge in [-0.2, -0.15) is 4.99 Å². The molecule has 0 bridgehead atoms. The Labute approximate surface area is 108 Å². The van der Waals surface area contributed by atoms with E-state index in [0.717, 1.165) is 11.1 Å². The molecule has 1 aromatic heterocycles. The fraction of sp³-hybridized carbons (Fsp3) is 0. The molecule has 0 saturated carbocycles. The van der Waals surface area contributed by atoms with E-state index in [2.05, 4.69) is 23.2 Å². The zero-order valence-corrected chi connectivity index (χ0v) is 10.3. The van der Waals surface area contributed by atoms with Crippen molar-refractivity contribution in [1.29, 1.82) is 0 Å². The molecule has 0 aliphatic heterocycles. The molecule has 0 fully saturated rings. The van der Waals surface area contributed by atoms with Crippen LogP contribution in [0.25, 0.3) is 21.9 Å². The fourth-order valence-corrected chi connectivity index (χ4v) is 2.82. The van der Waals surface area contributed by atoms with Crippen molar-refractivity contribution in [2.75, 3.05) is 0 Å². The second kappa shape index (κ2) is 4.57. The molecule has 0 aliphatic rings. The third-order valence-electron chi connectivity index (χ3n) is 2.87. The Morgan fingerprint density at radius 3 is 2.67 bits per heavy atom. The van der Waals surface area contributed by atoms with Crippen molar-refractivity contribution in [2.24, 2.45) is 4.99 Å². The van der Waals surface area contributed by atoms with Crippen LogP contribution in [0.2, 0.25) is 0 Å². The Morgan fingerprint density at radius 2 is 1.78 bits per heavy atom. The first kappa shape index (κ1) is 10.9. The van der Waals surface area contributed by atoms with Crippen molar-refractivity contribution in [3.8, 4) is 11.1 Å². The molecular weight excluding hydrogens is 242 g/mol. The summed E-state index contributed by atoms with van der Waals surface area (Å²) in [7, 11) is 0. The summed E-state index contributed by atoms with van der Waals surface area (Å²) in [5.74, 6) is 0. The first-order valence-corrected chi connectivity index (χ1v) is 6.41.